The Hall–Kier alpha value is 5.78. The molecule has 4 fully saturated rings. The molecule has 0 saturated carbocycles. The van der Waals surface area contributed by atoms with Crippen molar-refractivity contribution in [2.75, 3.05) is 40.3 Å². The molecule has 34 heavy (non-hydrogen) atoms. The van der Waals surface area contributed by atoms with E-state index in [2.05, 4.69) is 77.5 Å². The van der Waals surface area contributed by atoms with E-state index in [1.165, 1.54) is 40.3 Å². The quantitative estimate of drug-likeness (QED) is 0.0609. The summed E-state index contributed by atoms with van der Waals surface area (Å²) < 4.78 is 12.7. The van der Waals surface area contributed by atoms with E-state index < -0.39 is 0 Å². The number of rotatable bonds is 24. The van der Waals surface area contributed by atoms with Crippen molar-refractivity contribution in [3.8, 4) is 0 Å². The molecular formula is C23H40S6SeTe4. The Balaban J connectivity index is 1.18. The van der Waals surface area contributed by atoms with E-state index in [4.69, 9.17) is 0 Å². The van der Waals surface area contributed by atoms with Crippen molar-refractivity contribution in [3.63, 3.8) is 0 Å². The van der Waals surface area contributed by atoms with E-state index in [0.29, 0.717) is 62.8 Å². The summed E-state index contributed by atoms with van der Waals surface area (Å²) in [5, 5.41) is 7.64. The SMILES string of the molecule is CC1SC1[Te]CC[Se]CC(CSCC[Te]CC1CS1)(CSCC[Te]CC1CS1)C[Te]CC1CS1. The summed E-state index contributed by atoms with van der Waals surface area (Å²) in [6.07, 6.45) is 0. The van der Waals surface area contributed by atoms with Gasteiger partial charge in [-0.1, -0.05) is 0 Å². The molecule has 4 rings (SSSR count). The second-order valence-corrected chi connectivity index (χ2v) is 33.3. The first-order valence-electron chi connectivity index (χ1n) is 12.3. The Kier molecular flexibility index (Phi) is 18.4. The molecule has 0 bridgehead atoms. The van der Waals surface area contributed by atoms with Crippen molar-refractivity contribution in [3.05, 3.63) is 0 Å². The Bertz CT molecular complexity index is 544. The third-order valence-electron chi connectivity index (χ3n) is 5.66. The molecule has 5 atom stereocenters. The van der Waals surface area contributed by atoms with Gasteiger partial charge in [0.1, 0.15) is 0 Å². The molecule has 0 aromatic heterocycles. The number of hydrogen-bond donors (Lipinski definition) is 0. The molecule has 0 nitrogen and oxygen atoms in total. The minimum atomic E-state index is 0.246. The molecule has 4 heterocycles. The molecule has 4 aliphatic heterocycles. The molecule has 4 saturated heterocycles. The van der Waals surface area contributed by atoms with Crippen LogP contribution in [0, 0.1) is 5.41 Å². The monoisotopic (exact) mass is 1110 g/mol. The van der Waals surface area contributed by atoms with Crippen molar-refractivity contribution < 1.29 is 0 Å². The molecule has 0 spiro atoms. The van der Waals surface area contributed by atoms with E-state index >= 15 is 0 Å². The Morgan fingerprint density at radius 1 is 0.824 bits per heavy atom. The van der Waals surface area contributed by atoms with Gasteiger partial charge in [-0.05, 0) is 0 Å². The maximum atomic E-state index is 2.46. The number of hydrogen-bond acceptors (Lipinski definition) is 6. The first-order chi connectivity index (χ1) is 16.7. The molecule has 0 aromatic rings. The van der Waals surface area contributed by atoms with Crippen LogP contribution in [0.25, 0.3) is 0 Å². The minimum absolute atomic E-state index is 0.246. The van der Waals surface area contributed by atoms with Gasteiger partial charge in [-0.3, -0.25) is 0 Å². The van der Waals surface area contributed by atoms with Crippen LogP contribution in [0.15, 0.2) is 0 Å². The summed E-state index contributed by atoms with van der Waals surface area (Å²) in [4.78, 5) is 0. The first-order valence-corrected chi connectivity index (χ1v) is 34.0. The second kappa shape index (κ2) is 19.1. The third-order valence-corrected chi connectivity index (χ3v) is 36.8. The summed E-state index contributed by atoms with van der Waals surface area (Å²) in [6.45, 7) is 2.46. The summed E-state index contributed by atoms with van der Waals surface area (Å²) >= 11 is 16.0. The molecule has 0 radical (unpaired) electrons. The molecular weight excluding hydrogens is 1060 g/mol. The van der Waals surface area contributed by atoms with E-state index in [1.807, 2.05) is 0 Å². The Labute approximate surface area is 283 Å². The zero-order valence-electron chi connectivity index (χ0n) is 20.2. The van der Waals surface area contributed by atoms with Gasteiger partial charge in [0.15, 0.2) is 0 Å². The van der Waals surface area contributed by atoms with E-state index in [1.54, 1.807) is 41.9 Å². The van der Waals surface area contributed by atoms with Gasteiger partial charge in [-0.25, -0.2) is 0 Å². The van der Waals surface area contributed by atoms with Gasteiger partial charge in [0.2, 0.25) is 0 Å². The fourth-order valence-corrected chi connectivity index (χ4v) is 36.1. The molecule has 11 heteroatoms. The normalized spacial score (nSPS) is 30.8. The van der Waals surface area contributed by atoms with Crippen LogP contribution in [0.4, 0.5) is 0 Å². The summed E-state index contributed by atoms with van der Waals surface area (Å²) in [5.74, 6) is 10.6. The van der Waals surface area contributed by atoms with Crippen LogP contribution in [0.1, 0.15) is 6.92 Å². The van der Waals surface area contributed by atoms with Gasteiger partial charge in [0.05, 0.1) is 0 Å². The summed E-state index contributed by atoms with van der Waals surface area (Å²) in [5.41, 5.74) is 0.749. The van der Waals surface area contributed by atoms with Gasteiger partial charge >= 0.3 is 288 Å². The standard InChI is InChI=1S/C23H40S6SeTe4/c1-18-22(29-18)34-7-4-30-16-23(17-33-13-21-10-28-21,14-24-2-5-31-11-19-8-26-19)15-25-3-6-32-12-20-9-27-20/h18-22H,2-17H2,1H3. The van der Waals surface area contributed by atoms with Crippen molar-refractivity contribution in [1.82, 2.24) is 0 Å². The third kappa shape index (κ3) is 15.9. The van der Waals surface area contributed by atoms with Crippen LogP contribution in [0.5, 0.6) is 0 Å². The molecule has 198 valence electrons. The van der Waals surface area contributed by atoms with Crippen molar-refractivity contribution in [1.29, 1.82) is 0 Å². The van der Waals surface area contributed by atoms with Crippen LogP contribution < -0.4 is 0 Å². The first kappa shape index (κ1) is 32.7. The topological polar surface area (TPSA) is 0 Å². The average Bonchev–Trinajstić information content (AvgIpc) is 3.66. The van der Waals surface area contributed by atoms with Crippen LogP contribution >= 0.6 is 70.6 Å². The average molecular weight is 1100 g/mol. The van der Waals surface area contributed by atoms with Gasteiger partial charge in [-0.2, -0.15) is 0 Å². The van der Waals surface area contributed by atoms with Gasteiger partial charge in [0, 0.05) is 0 Å². The molecule has 0 amide bonds. The predicted molar refractivity (Wildman–Crippen MR) is 179 cm³/mol. The molecule has 0 aliphatic carbocycles. The zero-order valence-corrected chi connectivity index (χ0v) is 36.1. The second-order valence-electron chi connectivity index (χ2n) is 9.27. The van der Waals surface area contributed by atoms with Crippen molar-refractivity contribution in [2.45, 2.75) is 73.1 Å². The van der Waals surface area contributed by atoms with Crippen molar-refractivity contribution in [2.24, 2.45) is 5.41 Å². The Morgan fingerprint density at radius 3 is 1.85 bits per heavy atom. The fourth-order valence-electron chi connectivity index (χ4n) is 3.25. The van der Waals surface area contributed by atoms with Crippen molar-refractivity contribution >= 4 is 169 Å². The van der Waals surface area contributed by atoms with Crippen LogP contribution in [0.2, 0.25) is 41.9 Å². The molecule has 0 N–H and O–H groups in total. The summed E-state index contributed by atoms with van der Waals surface area (Å²) in [6, 6.07) is 0. The van der Waals surface area contributed by atoms with Gasteiger partial charge in [-0.15, -0.1) is 0 Å². The maximum absolute atomic E-state index is 2.46. The summed E-state index contributed by atoms with van der Waals surface area (Å²) in [7, 11) is 0. The zero-order chi connectivity index (χ0) is 23.5. The van der Waals surface area contributed by atoms with Crippen LogP contribution in [-0.4, -0.2) is 163 Å². The van der Waals surface area contributed by atoms with Gasteiger partial charge in [0.25, 0.3) is 0 Å². The molecule has 4 aliphatic rings. The fraction of sp³-hybridized carbons (Fsp3) is 1.00. The molecule has 5 unspecified atom stereocenters. The Morgan fingerprint density at radius 2 is 1.35 bits per heavy atom. The van der Waals surface area contributed by atoms with Gasteiger partial charge < -0.3 is 0 Å². The number of thioether (sulfide) groups is 6. The molecule has 0 aromatic carbocycles. The predicted octanol–water partition coefficient (Wildman–Crippen LogP) is 6.53. The van der Waals surface area contributed by atoms with Crippen LogP contribution in [-0.2, 0) is 0 Å². The van der Waals surface area contributed by atoms with E-state index in [0.717, 1.165) is 44.7 Å². The van der Waals surface area contributed by atoms with Crippen LogP contribution in [0.3, 0.4) is 0 Å². The van der Waals surface area contributed by atoms with E-state index in [-0.39, 0.29) is 20.9 Å². The van der Waals surface area contributed by atoms with E-state index in [9.17, 15) is 0 Å².